The van der Waals surface area contributed by atoms with Crippen LogP contribution in [0.5, 0.6) is 0 Å². The van der Waals surface area contributed by atoms with Gasteiger partial charge < -0.3 is 10.6 Å². The second-order valence-corrected chi connectivity index (χ2v) is 6.28. The minimum atomic E-state index is -0.490. The van der Waals surface area contributed by atoms with Crippen LogP contribution in [0.3, 0.4) is 0 Å². The molecule has 0 bridgehead atoms. The number of hydrogen-bond donors (Lipinski definition) is 2. The fourth-order valence-corrected chi connectivity index (χ4v) is 3.20. The number of benzene rings is 1. The van der Waals surface area contributed by atoms with Crippen LogP contribution < -0.4 is 10.6 Å². The largest absolute Gasteiger partial charge is 0.374 e. The van der Waals surface area contributed by atoms with Crippen molar-refractivity contribution < 1.29 is 9.18 Å². The molecule has 3 rings (SSSR count). The smallest absolute Gasteiger partial charge is 0.239 e. The van der Waals surface area contributed by atoms with Gasteiger partial charge in [0.2, 0.25) is 5.91 Å². The van der Waals surface area contributed by atoms with E-state index in [0.29, 0.717) is 10.4 Å². The van der Waals surface area contributed by atoms with Crippen molar-refractivity contribution in [3.05, 3.63) is 35.2 Å². The maximum Gasteiger partial charge on any atom is 0.239 e. The van der Waals surface area contributed by atoms with Crippen LogP contribution in [0.2, 0.25) is 5.02 Å². The third-order valence-corrected chi connectivity index (χ3v) is 4.54. The standard InChI is InChI=1S/C17H19ClFN3O/c18-13-8-9-20-17-12(13)6-7-14(16(17)19)21-10-15(23)22-11-4-2-1-3-5-11/h6-9,11,21H,1-5,10H2,(H,22,23). The molecular weight excluding hydrogens is 317 g/mol. The number of nitrogens with zero attached hydrogens (tertiary/aromatic N) is 1. The Morgan fingerprint density at radius 2 is 2.04 bits per heavy atom. The SMILES string of the molecule is O=C(CNc1ccc2c(Cl)ccnc2c1F)NC1CCCCC1. The predicted molar refractivity (Wildman–Crippen MR) is 90.2 cm³/mol. The van der Waals surface area contributed by atoms with Crippen molar-refractivity contribution in [2.75, 3.05) is 11.9 Å². The quantitative estimate of drug-likeness (QED) is 0.891. The highest BCUT2D eigenvalue weighted by Gasteiger charge is 2.16. The molecule has 0 atom stereocenters. The number of amides is 1. The zero-order valence-electron chi connectivity index (χ0n) is 12.7. The summed E-state index contributed by atoms with van der Waals surface area (Å²) in [6, 6.07) is 5.16. The first-order valence-electron chi connectivity index (χ1n) is 7.91. The highest BCUT2D eigenvalue weighted by molar-refractivity contribution is 6.35. The Kier molecular flexibility index (Phi) is 4.96. The third-order valence-electron chi connectivity index (χ3n) is 4.21. The molecule has 0 unspecified atom stereocenters. The number of halogens is 2. The third kappa shape index (κ3) is 3.72. The van der Waals surface area contributed by atoms with Crippen molar-refractivity contribution in [1.82, 2.24) is 10.3 Å². The molecule has 0 radical (unpaired) electrons. The minimum absolute atomic E-state index is 0.0412. The van der Waals surface area contributed by atoms with Crippen LogP contribution in [0.25, 0.3) is 10.9 Å². The van der Waals surface area contributed by atoms with Crippen molar-refractivity contribution in [2.24, 2.45) is 0 Å². The maximum absolute atomic E-state index is 14.4. The van der Waals surface area contributed by atoms with E-state index in [0.717, 1.165) is 25.7 Å². The van der Waals surface area contributed by atoms with Gasteiger partial charge in [-0.2, -0.15) is 0 Å². The maximum atomic E-state index is 14.4. The molecule has 1 fully saturated rings. The lowest BCUT2D eigenvalue weighted by atomic mass is 9.95. The monoisotopic (exact) mass is 335 g/mol. The average molecular weight is 336 g/mol. The summed E-state index contributed by atoms with van der Waals surface area (Å²) in [6.07, 6.45) is 7.07. The molecule has 1 heterocycles. The molecule has 23 heavy (non-hydrogen) atoms. The summed E-state index contributed by atoms with van der Waals surface area (Å²) in [5, 5.41) is 6.85. The van der Waals surface area contributed by atoms with Crippen LogP contribution in [-0.4, -0.2) is 23.5 Å². The van der Waals surface area contributed by atoms with Crippen LogP contribution in [0.15, 0.2) is 24.4 Å². The average Bonchev–Trinajstić information content (AvgIpc) is 2.56. The number of carbonyl (C=O) groups excluding carboxylic acids is 1. The first-order chi connectivity index (χ1) is 11.1. The summed E-state index contributed by atoms with van der Waals surface area (Å²) < 4.78 is 14.4. The fraction of sp³-hybridized carbons (Fsp3) is 0.412. The van der Waals surface area contributed by atoms with Gasteiger partial charge in [-0.05, 0) is 31.0 Å². The van der Waals surface area contributed by atoms with E-state index < -0.39 is 5.82 Å². The van der Waals surface area contributed by atoms with Crippen LogP contribution in [0, 0.1) is 5.82 Å². The van der Waals surface area contributed by atoms with Gasteiger partial charge in [0.1, 0.15) is 5.52 Å². The summed E-state index contributed by atoms with van der Waals surface area (Å²) >= 11 is 6.03. The van der Waals surface area contributed by atoms with Crippen LogP contribution in [0.1, 0.15) is 32.1 Å². The number of anilines is 1. The van der Waals surface area contributed by atoms with Crippen molar-refractivity contribution in [3.8, 4) is 0 Å². The van der Waals surface area contributed by atoms with E-state index in [1.54, 1.807) is 18.2 Å². The van der Waals surface area contributed by atoms with Gasteiger partial charge in [-0.25, -0.2) is 4.39 Å². The van der Waals surface area contributed by atoms with Crippen LogP contribution >= 0.6 is 11.6 Å². The Hall–Kier alpha value is -1.88. The van der Waals surface area contributed by atoms with E-state index in [4.69, 9.17) is 11.6 Å². The molecule has 2 aromatic rings. The van der Waals surface area contributed by atoms with Gasteiger partial charge in [-0.3, -0.25) is 9.78 Å². The van der Waals surface area contributed by atoms with E-state index in [9.17, 15) is 9.18 Å². The first-order valence-corrected chi connectivity index (χ1v) is 8.29. The summed E-state index contributed by atoms with van der Waals surface area (Å²) in [5.74, 6) is -0.606. The molecular formula is C17H19ClFN3O. The molecule has 1 aliphatic rings. The Morgan fingerprint density at radius 3 is 2.83 bits per heavy atom. The van der Waals surface area contributed by atoms with Gasteiger partial charge >= 0.3 is 0 Å². The van der Waals surface area contributed by atoms with Crippen LogP contribution in [-0.2, 0) is 4.79 Å². The Labute approximate surface area is 139 Å². The van der Waals surface area contributed by atoms with Gasteiger partial charge in [0.15, 0.2) is 5.82 Å². The summed E-state index contributed by atoms with van der Waals surface area (Å²) in [5.41, 5.74) is 0.459. The normalized spacial score (nSPS) is 15.6. The van der Waals surface area contributed by atoms with E-state index in [-0.39, 0.29) is 29.7 Å². The molecule has 0 saturated heterocycles. The Bertz CT molecular complexity index is 716. The van der Waals surface area contributed by atoms with Gasteiger partial charge in [0, 0.05) is 17.6 Å². The zero-order valence-corrected chi connectivity index (χ0v) is 13.5. The summed E-state index contributed by atoms with van der Waals surface area (Å²) in [4.78, 5) is 16.0. The number of carbonyl (C=O) groups is 1. The molecule has 1 aromatic carbocycles. The predicted octanol–water partition coefficient (Wildman–Crippen LogP) is 3.89. The summed E-state index contributed by atoms with van der Waals surface area (Å²) in [7, 11) is 0. The molecule has 1 aliphatic carbocycles. The topological polar surface area (TPSA) is 54.0 Å². The van der Waals surface area contributed by atoms with Crippen molar-refractivity contribution in [3.63, 3.8) is 0 Å². The summed E-state index contributed by atoms with van der Waals surface area (Å²) in [6.45, 7) is 0.0412. The van der Waals surface area contributed by atoms with Gasteiger partial charge in [0.25, 0.3) is 0 Å². The van der Waals surface area contributed by atoms with Crippen molar-refractivity contribution >= 4 is 34.1 Å². The van der Waals surface area contributed by atoms with Crippen LogP contribution in [0.4, 0.5) is 10.1 Å². The lowest BCUT2D eigenvalue weighted by Crippen LogP contribution is -2.39. The number of aromatic nitrogens is 1. The highest BCUT2D eigenvalue weighted by Crippen LogP contribution is 2.27. The molecule has 1 aromatic heterocycles. The number of nitrogens with one attached hydrogen (secondary N) is 2. The fourth-order valence-electron chi connectivity index (χ4n) is 2.99. The number of fused-ring (bicyclic) bond motifs is 1. The van der Waals surface area contributed by atoms with E-state index in [1.165, 1.54) is 12.6 Å². The lowest BCUT2D eigenvalue weighted by Gasteiger charge is -2.22. The van der Waals surface area contributed by atoms with E-state index in [2.05, 4.69) is 15.6 Å². The van der Waals surface area contributed by atoms with Gasteiger partial charge in [-0.15, -0.1) is 0 Å². The van der Waals surface area contributed by atoms with E-state index in [1.807, 2.05) is 0 Å². The molecule has 1 amide bonds. The Balaban J connectivity index is 1.65. The second kappa shape index (κ2) is 7.13. The van der Waals surface area contributed by atoms with Gasteiger partial charge in [0.05, 0.1) is 17.3 Å². The number of hydrogen-bond acceptors (Lipinski definition) is 3. The minimum Gasteiger partial charge on any atom is -0.374 e. The highest BCUT2D eigenvalue weighted by atomic mass is 35.5. The van der Waals surface area contributed by atoms with Crippen molar-refractivity contribution in [1.29, 1.82) is 0 Å². The zero-order chi connectivity index (χ0) is 16.2. The molecule has 6 heteroatoms. The molecule has 122 valence electrons. The lowest BCUT2D eigenvalue weighted by molar-refractivity contribution is -0.120. The molecule has 4 nitrogen and oxygen atoms in total. The molecule has 0 aliphatic heterocycles. The molecule has 1 saturated carbocycles. The second-order valence-electron chi connectivity index (χ2n) is 5.87. The van der Waals surface area contributed by atoms with Gasteiger partial charge in [-0.1, -0.05) is 30.9 Å². The Morgan fingerprint density at radius 1 is 1.26 bits per heavy atom. The number of pyridine rings is 1. The first kappa shape index (κ1) is 16.0. The number of rotatable bonds is 4. The molecule has 2 N–H and O–H groups in total. The van der Waals surface area contributed by atoms with E-state index >= 15 is 0 Å². The molecule has 0 spiro atoms. The van der Waals surface area contributed by atoms with Crippen molar-refractivity contribution in [2.45, 2.75) is 38.1 Å².